The van der Waals surface area contributed by atoms with Gasteiger partial charge in [-0.1, -0.05) is 6.07 Å². The summed E-state index contributed by atoms with van der Waals surface area (Å²) in [4.78, 5) is 24.4. The molecule has 0 spiro atoms. The molecule has 18 heavy (non-hydrogen) atoms. The summed E-state index contributed by atoms with van der Waals surface area (Å²) in [6.07, 6.45) is 0. The van der Waals surface area contributed by atoms with E-state index in [4.69, 9.17) is 0 Å². The molecule has 2 rings (SSSR count). The molecule has 0 aliphatic rings. The first-order valence-electron chi connectivity index (χ1n) is 5.91. The van der Waals surface area contributed by atoms with Crippen LogP contribution in [0.25, 0.3) is 10.9 Å². The van der Waals surface area contributed by atoms with Crippen molar-refractivity contribution in [1.82, 2.24) is 14.5 Å². The number of hydrogen-bond acceptors (Lipinski definition) is 3. The fourth-order valence-electron chi connectivity index (χ4n) is 2.04. The van der Waals surface area contributed by atoms with Gasteiger partial charge in [-0.05, 0) is 31.7 Å². The van der Waals surface area contributed by atoms with Gasteiger partial charge < -0.3 is 5.32 Å². The van der Waals surface area contributed by atoms with Crippen LogP contribution in [0.15, 0.2) is 27.8 Å². The second-order valence-corrected chi connectivity index (χ2v) is 4.42. The maximum absolute atomic E-state index is 12.2. The van der Waals surface area contributed by atoms with Crippen molar-refractivity contribution in [2.75, 3.05) is 13.6 Å². The molecule has 0 aliphatic heterocycles. The molecule has 96 valence electrons. The van der Waals surface area contributed by atoms with Crippen molar-refractivity contribution in [2.45, 2.75) is 13.5 Å². The Labute approximate surface area is 105 Å². The molecule has 0 bridgehead atoms. The summed E-state index contributed by atoms with van der Waals surface area (Å²) in [5.41, 5.74) is 1.23. The second-order valence-electron chi connectivity index (χ2n) is 4.42. The van der Waals surface area contributed by atoms with Crippen LogP contribution in [0.2, 0.25) is 0 Å². The Hall–Kier alpha value is -1.88. The van der Waals surface area contributed by atoms with Crippen molar-refractivity contribution in [1.29, 1.82) is 0 Å². The van der Waals surface area contributed by atoms with Gasteiger partial charge in [0.1, 0.15) is 0 Å². The number of fused-ring (bicyclic) bond motifs is 1. The molecule has 5 heteroatoms. The summed E-state index contributed by atoms with van der Waals surface area (Å²) in [6.45, 7) is 2.91. The number of nitrogens with zero attached hydrogens (tertiary/aromatic N) is 2. The number of likely N-dealkylation sites (N-methyl/N-ethyl adjacent to an activating group) is 1. The van der Waals surface area contributed by atoms with Gasteiger partial charge in [-0.3, -0.25) is 13.9 Å². The zero-order chi connectivity index (χ0) is 13.3. The van der Waals surface area contributed by atoms with Crippen molar-refractivity contribution in [3.63, 3.8) is 0 Å². The average Bonchev–Trinajstić information content (AvgIpc) is 2.36. The largest absolute Gasteiger partial charge is 0.331 e. The van der Waals surface area contributed by atoms with Crippen LogP contribution in [0.5, 0.6) is 0 Å². The van der Waals surface area contributed by atoms with Crippen LogP contribution in [0.3, 0.4) is 0 Å². The Morgan fingerprint density at radius 3 is 2.67 bits per heavy atom. The molecule has 0 radical (unpaired) electrons. The Balaban J connectivity index is 2.80. The van der Waals surface area contributed by atoms with Gasteiger partial charge in [-0.2, -0.15) is 0 Å². The summed E-state index contributed by atoms with van der Waals surface area (Å²) in [5, 5.41) is 3.52. The minimum Gasteiger partial charge on any atom is -0.318 e. The highest BCUT2D eigenvalue weighted by molar-refractivity contribution is 5.78. The highest BCUT2D eigenvalue weighted by atomic mass is 16.2. The van der Waals surface area contributed by atoms with E-state index in [0.717, 1.165) is 5.56 Å². The molecule has 0 fully saturated rings. The van der Waals surface area contributed by atoms with E-state index in [2.05, 4.69) is 5.32 Å². The van der Waals surface area contributed by atoms with E-state index < -0.39 is 0 Å². The third-order valence-corrected chi connectivity index (χ3v) is 3.09. The molecule has 0 unspecified atom stereocenters. The molecule has 0 aliphatic carbocycles. The van der Waals surface area contributed by atoms with Crippen LogP contribution in [0, 0.1) is 6.92 Å². The van der Waals surface area contributed by atoms with E-state index in [1.165, 1.54) is 9.13 Å². The molecule has 0 saturated heterocycles. The Morgan fingerprint density at radius 1 is 1.28 bits per heavy atom. The van der Waals surface area contributed by atoms with E-state index in [0.29, 0.717) is 24.0 Å². The van der Waals surface area contributed by atoms with Crippen LogP contribution in [-0.4, -0.2) is 22.7 Å². The van der Waals surface area contributed by atoms with Crippen LogP contribution < -0.4 is 16.6 Å². The topological polar surface area (TPSA) is 56.0 Å². The van der Waals surface area contributed by atoms with E-state index >= 15 is 0 Å². The maximum atomic E-state index is 12.2. The Kier molecular flexibility index (Phi) is 3.34. The van der Waals surface area contributed by atoms with Crippen molar-refractivity contribution in [2.24, 2.45) is 7.05 Å². The first-order chi connectivity index (χ1) is 8.56. The molecular weight excluding hydrogens is 230 g/mol. The molecule has 0 amide bonds. The zero-order valence-corrected chi connectivity index (χ0v) is 10.9. The fraction of sp³-hybridized carbons (Fsp3) is 0.385. The zero-order valence-electron chi connectivity index (χ0n) is 10.9. The lowest BCUT2D eigenvalue weighted by molar-refractivity contribution is 0.580. The standard InChI is InChI=1S/C13H17N3O2/c1-9-4-5-10-11(8-9)15(3)13(18)16(12(10)17)7-6-14-2/h4-5,8,14H,6-7H2,1-3H3. The minimum absolute atomic E-state index is 0.219. The lowest BCUT2D eigenvalue weighted by Crippen LogP contribution is -2.40. The predicted octanol–water partition coefficient (Wildman–Crippen LogP) is 0.228. The van der Waals surface area contributed by atoms with Crippen LogP contribution in [-0.2, 0) is 13.6 Å². The minimum atomic E-state index is -0.270. The molecule has 0 atom stereocenters. The first kappa shape index (κ1) is 12.6. The molecule has 1 N–H and O–H groups in total. The normalized spacial score (nSPS) is 11.1. The lowest BCUT2D eigenvalue weighted by atomic mass is 10.2. The van der Waals surface area contributed by atoms with Gasteiger partial charge in [0.15, 0.2) is 0 Å². The van der Waals surface area contributed by atoms with Gasteiger partial charge in [0.2, 0.25) is 0 Å². The molecular formula is C13H17N3O2. The number of rotatable bonds is 3. The van der Waals surface area contributed by atoms with Gasteiger partial charge >= 0.3 is 5.69 Å². The van der Waals surface area contributed by atoms with Crippen molar-refractivity contribution in [3.05, 3.63) is 44.6 Å². The predicted molar refractivity (Wildman–Crippen MR) is 72.1 cm³/mol. The van der Waals surface area contributed by atoms with Crippen LogP contribution in [0.4, 0.5) is 0 Å². The molecule has 5 nitrogen and oxygen atoms in total. The summed E-state index contributed by atoms with van der Waals surface area (Å²) >= 11 is 0. The number of aryl methyl sites for hydroxylation is 2. The summed E-state index contributed by atoms with van der Waals surface area (Å²) in [7, 11) is 3.49. The highest BCUT2D eigenvalue weighted by Gasteiger charge is 2.10. The van der Waals surface area contributed by atoms with Gasteiger partial charge in [-0.25, -0.2) is 4.79 Å². The molecule has 1 heterocycles. The summed E-state index contributed by atoms with van der Waals surface area (Å²) < 4.78 is 2.80. The molecule has 2 aromatic rings. The van der Waals surface area contributed by atoms with Crippen LogP contribution in [0.1, 0.15) is 5.56 Å². The van der Waals surface area contributed by atoms with Crippen molar-refractivity contribution >= 4 is 10.9 Å². The van der Waals surface area contributed by atoms with Crippen LogP contribution >= 0.6 is 0 Å². The van der Waals surface area contributed by atoms with Gasteiger partial charge in [0, 0.05) is 20.1 Å². The van der Waals surface area contributed by atoms with Gasteiger partial charge in [-0.15, -0.1) is 0 Å². The van der Waals surface area contributed by atoms with E-state index in [-0.39, 0.29) is 11.2 Å². The third-order valence-electron chi connectivity index (χ3n) is 3.09. The van der Waals surface area contributed by atoms with Gasteiger partial charge in [0.05, 0.1) is 10.9 Å². The third kappa shape index (κ3) is 1.97. The average molecular weight is 247 g/mol. The summed E-state index contributed by atoms with van der Waals surface area (Å²) in [6, 6.07) is 5.53. The second kappa shape index (κ2) is 4.78. The highest BCUT2D eigenvalue weighted by Crippen LogP contribution is 2.09. The Morgan fingerprint density at radius 2 is 2.00 bits per heavy atom. The molecule has 1 aromatic carbocycles. The van der Waals surface area contributed by atoms with E-state index in [9.17, 15) is 9.59 Å². The van der Waals surface area contributed by atoms with E-state index in [1.807, 2.05) is 19.1 Å². The monoisotopic (exact) mass is 247 g/mol. The molecule has 1 aromatic heterocycles. The fourth-order valence-corrected chi connectivity index (χ4v) is 2.04. The Bertz CT molecular complexity index is 698. The number of nitrogens with one attached hydrogen (secondary N) is 1. The number of hydrogen-bond donors (Lipinski definition) is 1. The number of aromatic nitrogens is 2. The quantitative estimate of drug-likeness (QED) is 0.844. The summed E-state index contributed by atoms with van der Waals surface area (Å²) in [5.74, 6) is 0. The lowest BCUT2D eigenvalue weighted by Gasteiger charge is -2.10. The van der Waals surface area contributed by atoms with Crippen molar-refractivity contribution < 1.29 is 0 Å². The first-order valence-corrected chi connectivity index (χ1v) is 5.91. The SMILES string of the molecule is CNCCn1c(=O)c2ccc(C)cc2n(C)c1=O. The smallest absolute Gasteiger partial charge is 0.318 e. The molecule has 0 saturated carbocycles. The van der Waals surface area contributed by atoms with E-state index in [1.54, 1.807) is 20.2 Å². The van der Waals surface area contributed by atoms with Gasteiger partial charge in [0.25, 0.3) is 5.56 Å². The maximum Gasteiger partial charge on any atom is 0.331 e. The van der Waals surface area contributed by atoms with Crippen molar-refractivity contribution in [3.8, 4) is 0 Å². The number of benzene rings is 1.